The second kappa shape index (κ2) is 5.97. The lowest BCUT2D eigenvalue weighted by atomic mass is 9.84. The largest absolute Gasteiger partial charge is 0.360 e. The standard InChI is InChI=1S/C13H24N4S/c1-4-7-14-12-16-15-11(18-12)9-17-8-5-6-13(2,3)10-17/h4-10H2,1-3H3,(H,14,16). The molecule has 0 amide bonds. The van der Waals surface area contributed by atoms with Gasteiger partial charge in [0.2, 0.25) is 5.13 Å². The Morgan fingerprint density at radius 2 is 2.22 bits per heavy atom. The fourth-order valence-electron chi connectivity index (χ4n) is 2.49. The van der Waals surface area contributed by atoms with Gasteiger partial charge in [-0.15, -0.1) is 10.2 Å². The van der Waals surface area contributed by atoms with Crippen LogP contribution in [0.4, 0.5) is 5.13 Å². The molecule has 0 bridgehead atoms. The highest BCUT2D eigenvalue weighted by Gasteiger charge is 2.26. The average Bonchev–Trinajstić information content (AvgIpc) is 2.73. The molecule has 0 atom stereocenters. The Morgan fingerprint density at radius 1 is 1.39 bits per heavy atom. The van der Waals surface area contributed by atoms with Gasteiger partial charge in [-0.05, 0) is 31.2 Å². The topological polar surface area (TPSA) is 41.1 Å². The molecule has 18 heavy (non-hydrogen) atoms. The van der Waals surface area contributed by atoms with E-state index < -0.39 is 0 Å². The Kier molecular flexibility index (Phi) is 4.56. The zero-order valence-corrected chi connectivity index (χ0v) is 12.5. The van der Waals surface area contributed by atoms with Crippen molar-refractivity contribution < 1.29 is 0 Å². The van der Waals surface area contributed by atoms with Crippen LogP contribution in [0.2, 0.25) is 0 Å². The van der Waals surface area contributed by atoms with Crippen LogP contribution in [0.25, 0.3) is 0 Å². The SMILES string of the molecule is CCCNc1nnc(CN2CCCC(C)(C)C2)s1. The van der Waals surface area contributed by atoms with E-state index in [0.29, 0.717) is 5.41 Å². The summed E-state index contributed by atoms with van der Waals surface area (Å²) in [5, 5.41) is 13.8. The highest BCUT2D eigenvalue weighted by atomic mass is 32.1. The lowest BCUT2D eigenvalue weighted by molar-refractivity contribution is 0.111. The van der Waals surface area contributed by atoms with E-state index in [9.17, 15) is 0 Å². The van der Waals surface area contributed by atoms with Gasteiger partial charge >= 0.3 is 0 Å². The molecule has 0 saturated carbocycles. The van der Waals surface area contributed by atoms with E-state index in [2.05, 4.69) is 41.2 Å². The minimum atomic E-state index is 0.451. The van der Waals surface area contributed by atoms with E-state index in [-0.39, 0.29) is 0 Å². The summed E-state index contributed by atoms with van der Waals surface area (Å²) in [7, 11) is 0. The first kappa shape index (κ1) is 13.7. The number of nitrogens with zero attached hydrogens (tertiary/aromatic N) is 3. The quantitative estimate of drug-likeness (QED) is 0.891. The van der Waals surface area contributed by atoms with E-state index in [1.54, 1.807) is 11.3 Å². The Morgan fingerprint density at radius 3 is 2.94 bits per heavy atom. The summed E-state index contributed by atoms with van der Waals surface area (Å²) in [6, 6.07) is 0. The fraction of sp³-hybridized carbons (Fsp3) is 0.846. The van der Waals surface area contributed by atoms with Crippen LogP contribution in [0, 0.1) is 5.41 Å². The maximum atomic E-state index is 4.28. The first-order chi connectivity index (χ1) is 8.59. The van der Waals surface area contributed by atoms with Crippen molar-refractivity contribution in [3.8, 4) is 0 Å². The number of nitrogens with one attached hydrogen (secondary N) is 1. The molecule has 0 aliphatic carbocycles. The summed E-state index contributed by atoms with van der Waals surface area (Å²) in [4.78, 5) is 2.51. The van der Waals surface area contributed by atoms with Crippen molar-refractivity contribution >= 4 is 16.5 Å². The van der Waals surface area contributed by atoms with E-state index in [1.807, 2.05) is 0 Å². The van der Waals surface area contributed by atoms with E-state index in [4.69, 9.17) is 0 Å². The Bertz CT molecular complexity index is 375. The normalized spacial score (nSPS) is 19.9. The number of rotatable bonds is 5. The molecule has 1 fully saturated rings. The van der Waals surface area contributed by atoms with Crippen LogP contribution in [0.3, 0.4) is 0 Å². The summed E-state index contributed by atoms with van der Waals surface area (Å²) in [5.74, 6) is 0. The van der Waals surface area contributed by atoms with Crippen LogP contribution in [0.5, 0.6) is 0 Å². The van der Waals surface area contributed by atoms with Gasteiger partial charge in [0, 0.05) is 13.1 Å². The highest BCUT2D eigenvalue weighted by Crippen LogP contribution is 2.29. The number of hydrogen-bond donors (Lipinski definition) is 1. The van der Waals surface area contributed by atoms with Crippen molar-refractivity contribution in [2.24, 2.45) is 5.41 Å². The minimum absolute atomic E-state index is 0.451. The van der Waals surface area contributed by atoms with E-state index in [1.165, 1.54) is 25.9 Å². The summed E-state index contributed by atoms with van der Waals surface area (Å²) in [6.07, 6.45) is 3.75. The van der Waals surface area contributed by atoms with Crippen molar-refractivity contribution in [2.75, 3.05) is 25.0 Å². The van der Waals surface area contributed by atoms with E-state index in [0.717, 1.165) is 29.6 Å². The monoisotopic (exact) mass is 268 g/mol. The molecule has 1 aliphatic heterocycles. The molecule has 0 aromatic carbocycles. The van der Waals surface area contributed by atoms with Gasteiger partial charge in [0.15, 0.2) is 0 Å². The predicted octanol–water partition coefficient (Wildman–Crippen LogP) is 2.98. The minimum Gasteiger partial charge on any atom is -0.360 e. The van der Waals surface area contributed by atoms with Gasteiger partial charge in [-0.2, -0.15) is 0 Å². The van der Waals surface area contributed by atoms with Crippen LogP contribution < -0.4 is 5.32 Å². The first-order valence-electron chi connectivity index (χ1n) is 6.88. The number of aromatic nitrogens is 2. The lowest BCUT2D eigenvalue weighted by Gasteiger charge is -2.37. The van der Waals surface area contributed by atoms with Crippen molar-refractivity contribution in [1.82, 2.24) is 15.1 Å². The van der Waals surface area contributed by atoms with Crippen LogP contribution in [-0.2, 0) is 6.54 Å². The zero-order valence-electron chi connectivity index (χ0n) is 11.7. The fourth-order valence-corrected chi connectivity index (χ4v) is 3.30. The molecule has 4 nitrogen and oxygen atoms in total. The van der Waals surface area contributed by atoms with Crippen molar-refractivity contribution in [3.63, 3.8) is 0 Å². The number of anilines is 1. The maximum absolute atomic E-state index is 4.28. The molecule has 102 valence electrons. The second-order valence-corrected chi connectivity index (χ2v) is 6.97. The van der Waals surface area contributed by atoms with Gasteiger partial charge in [0.05, 0.1) is 6.54 Å². The molecular weight excluding hydrogens is 244 g/mol. The third-order valence-electron chi connectivity index (χ3n) is 3.33. The molecule has 2 rings (SSSR count). The number of hydrogen-bond acceptors (Lipinski definition) is 5. The van der Waals surface area contributed by atoms with Gasteiger partial charge in [-0.3, -0.25) is 4.90 Å². The van der Waals surface area contributed by atoms with E-state index >= 15 is 0 Å². The highest BCUT2D eigenvalue weighted by molar-refractivity contribution is 7.15. The summed E-state index contributed by atoms with van der Waals surface area (Å²) < 4.78 is 0. The molecular formula is C13H24N4S. The van der Waals surface area contributed by atoms with Crippen molar-refractivity contribution in [2.45, 2.75) is 46.6 Å². The number of likely N-dealkylation sites (tertiary alicyclic amines) is 1. The van der Waals surface area contributed by atoms with Crippen molar-refractivity contribution in [3.05, 3.63) is 5.01 Å². The summed E-state index contributed by atoms with van der Waals surface area (Å²) >= 11 is 1.69. The predicted molar refractivity (Wildman–Crippen MR) is 77.0 cm³/mol. The molecule has 1 saturated heterocycles. The molecule has 0 unspecified atom stereocenters. The Hall–Kier alpha value is -0.680. The Balaban J connectivity index is 1.87. The van der Waals surface area contributed by atoms with Crippen LogP contribution >= 0.6 is 11.3 Å². The smallest absolute Gasteiger partial charge is 0.205 e. The van der Waals surface area contributed by atoms with Crippen LogP contribution in [-0.4, -0.2) is 34.7 Å². The third kappa shape index (κ3) is 3.92. The molecule has 0 radical (unpaired) electrons. The number of piperidine rings is 1. The molecule has 1 aliphatic rings. The van der Waals surface area contributed by atoms with Crippen LogP contribution in [0.15, 0.2) is 0 Å². The summed E-state index contributed by atoms with van der Waals surface area (Å²) in [6.45, 7) is 11.2. The Labute approximate surface area is 114 Å². The second-order valence-electron chi connectivity index (χ2n) is 5.91. The maximum Gasteiger partial charge on any atom is 0.205 e. The van der Waals surface area contributed by atoms with Gasteiger partial charge in [-0.25, -0.2) is 0 Å². The summed E-state index contributed by atoms with van der Waals surface area (Å²) in [5.41, 5.74) is 0.451. The van der Waals surface area contributed by atoms with Gasteiger partial charge in [0.25, 0.3) is 0 Å². The first-order valence-corrected chi connectivity index (χ1v) is 7.69. The molecule has 1 N–H and O–H groups in total. The third-order valence-corrected chi connectivity index (χ3v) is 4.20. The molecule has 1 aromatic rings. The zero-order chi connectivity index (χ0) is 13.0. The molecule has 2 heterocycles. The molecule has 1 aromatic heterocycles. The molecule has 5 heteroatoms. The average molecular weight is 268 g/mol. The van der Waals surface area contributed by atoms with Gasteiger partial charge < -0.3 is 5.32 Å². The van der Waals surface area contributed by atoms with Crippen LogP contribution in [0.1, 0.15) is 45.0 Å². The van der Waals surface area contributed by atoms with Crippen molar-refractivity contribution in [1.29, 1.82) is 0 Å². The van der Waals surface area contributed by atoms with Gasteiger partial charge in [0.1, 0.15) is 5.01 Å². The lowest BCUT2D eigenvalue weighted by Crippen LogP contribution is -2.39. The van der Waals surface area contributed by atoms with Gasteiger partial charge in [-0.1, -0.05) is 32.1 Å². The molecule has 0 spiro atoms.